The van der Waals surface area contributed by atoms with Gasteiger partial charge in [-0.3, -0.25) is 13.6 Å². The van der Waals surface area contributed by atoms with Crippen LogP contribution in [0.4, 0.5) is 11.4 Å². The fraction of sp³-hybridized carbons (Fsp3) is 0.679. The molecule has 1 aliphatic carbocycles. The molecule has 0 saturated heterocycles. The van der Waals surface area contributed by atoms with Crippen LogP contribution in [0.5, 0.6) is 0 Å². The molecule has 3 aliphatic rings. The summed E-state index contributed by atoms with van der Waals surface area (Å²) in [6, 6.07) is 16.6. The van der Waals surface area contributed by atoms with Gasteiger partial charge in [0, 0.05) is 65.5 Å². The van der Waals surface area contributed by atoms with Crippen LogP contribution in [0.25, 0.3) is 0 Å². The van der Waals surface area contributed by atoms with Crippen molar-refractivity contribution in [2.75, 3.05) is 88.9 Å². The Balaban J connectivity index is 0.950. The number of hydrogen-bond acceptors (Lipinski definition) is 15. The van der Waals surface area contributed by atoms with Crippen molar-refractivity contribution in [3.63, 3.8) is 0 Å². The lowest BCUT2D eigenvalue weighted by Crippen LogP contribution is -2.28. The molecule has 106 heavy (non-hydrogen) atoms. The lowest BCUT2D eigenvalue weighted by Gasteiger charge is -2.27. The van der Waals surface area contributed by atoms with Gasteiger partial charge in [0.1, 0.15) is 12.2 Å². The summed E-state index contributed by atoms with van der Waals surface area (Å²) < 4.78 is 115. The number of nitrogens with one attached hydrogen (secondary N) is 2. The number of anilines is 1. The first kappa shape index (κ1) is 90.0. The van der Waals surface area contributed by atoms with Crippen molar-refractivity contribution in [3.8, 4) is 0 Å². The predicted molar refractivity (Wildman–Crippen MR) is 433 cm³/mol. The third kappa shape index (κ3) is 34.6. The predicted octanol–water partition coefficient (Wildman–Crippen LogP) is 19.5. The van der Waals surface area contributed by atoms with Crippen LogP contribution in [-0.4, -0.2) is 135 Å². The third-order valence-electron chi connectivity index (χ3n) is 20.5. The number of ether oxygens (including phenoxy) is 3. The maximum Gasteiger partial charge on any atom is 0.405 e. The number of hydrogen-bond donors (Lipinski definition) is 3. The van der Waals surface area contributed by atoms with Crippen LogP contribution >= 0.6 is 7.75 Å². The summed E-state index contributed by atoms with van der Waals surface area (Å²) in [5, 5.41) is 15.8. The summed E-state index contributed by atoms with van der Waals surface area (Å²) in [5.74, 6) is -0.683. The summed E-state index contributed by atoms with van der Waals surface area (Å²) >= 11 is 0. The lowest BCUT2D eigenvalue weighted by molar-refractivity contribution is -0.438. The van der Waals surface area contributed by atoms with Crippen LogP contribution < -0.4 is 15.3 Å². The first-order chi connectivity index (χ1) is 51.3. The molecule has 596 valence electrons. The Hall–Kier alpha value is -4.90. The first-order valence-electron chi connectivity index (χ1n) is 40.9. The minimum absolute atomic E-state index is 0.275. The van der Waals surface area contributed by atoms with Crippen molar-refractivity contribution in [1.29, 1.82) is 0 Å². The zero-order valence-corrected chi connectivity index (χ0v) is 68.4. The maximum atomic E-state index is 14.0. The van der Waals surface area contributed by atoms with Crippen LogP contribution in [0.15, 0.2) is 126 Å². The fourth-order valence-corrected chi connectivity index (χ4v) is 16.9. The van der Waals surface area contributed by atoms with Crippen molar-refractivity contribution >= 4 is 45.1 Å². The number of unbranched alkanes of at least 4 members (excludes halogenated alkanes) is 26. The molecule has 1 aromatic heterocycles. The number of allylic oxidation sites excluding steroid dienone is 11. The maximum absolute atomic E-state index is 14.0. The van der Waals surface area contributed by atoms with Crippen molar-refractivity contribution in [3.05, 3.63) is 143 Å². The number of nitrogens with zero attached hydrogens (tertiary/aromatic N) is 5. The van der Waals surface area contributed by atoms with Gasteiger partial charge in [-0.05, 0) is 139 Å². The van der Waals surface area contributed by atoms with Crippen molar-refractivity contribution < 1.29 is 58.3 Å². The van der Waals surface area contributed by atoms with Gasteiger partial charge in [-0.1, -0.05) is 221 Å². The van der Waals surface area contributed by atoms with Crippen molar-refractivity contribution in [2.45, 2.75) is 284 Å². The van der Waals surface area contributed by atoms with Crippen LogP contribution in [0.3, 0.4) is 0 Å². The van der Waals surface area contributed by atoms with E-state index in [-0.39, 0.29) is 23.0 Å². The Morgan fingerprint density at radius 3 is 1.69 bits per heavy atom. The van der Waals surface area contributed by atoms with E-state index in [4.69, 9.17) is 23.3 Å². The van der Waals surface area contributed by atoms with E-state index in [1.165, 1.54) is 140 Å². The molecule has 3 heterocycles. The Bertz CT molecular complexity index is 3460. The van der Waals surface area contributed by atoms with Gasteiger partial charge in [-0.25, -0.2) is 22.8 Å². The average Bonchev–Trinajstić information content (AvgIpc) is 1.60. The van der Waals surface area contributed by atoms with Crippen LogP contribution in [-0.2, 0) is 72.0 Å². The standard InChI is InChI=1S/C84H136N7O12PS2/c1-7-9-11-13-15-17-19-21-23-25-27-29-31-33-35-43-61-102-104(92,103-62-44-36-34-32-30-28-26-24-22-20-18-16-14-12-10-8-2)86-57-63-99-65-67-101-68-66-100-64-60-89-72-75(87-88-89)71-85-82-73(53-55-80-83(3,4)76-47-37-39-49-78(76)90(80)58-41-45-69-105(93,94)95)51-52-74(82)54-56-81-84(5,6)77-48-38-40-50-79(77)91(81)59-42-46-70-106(96,97)98/h21-24,37-40,47-50,53-56,72H,7-20,25-36,41-46,51-52,57-71H2,1-6H3,(H3,86,92,93,94,95,96,97,98)/b23-21-,24-22-,73-53-,80-55-. The van der Waals surface area contributed by atoms with E-state index in [0.29, 0.717) is 105 Å². The summed E-state index contributed by atoms with van der Waals surface area (Å²) in [4.78, 5) is 2.26. The van der Waals surface area contributed by atoms with Gasteiger partial charge in [0.2, 0.25) is 5.69 Å². The molecule has 0 amide bonds. The fourth-order valence-electron chi connectivity index (χ4n) is 14.4. The Kier molecular flexibility index (Phi) is 43.1. The minimum atomic E-state index is -4.32. The molecule has 0 fully saturated rings. The van der Waals surface area contributed by atoms with Crippen LogP contribution in [0, 0.1) is 0 Å². The van der Waals surface area contributed by atoms with E-state index in [2.05, 4.69) is 145 Å². The highest BCUT2D eigenvalue weighted by molar-refractivity contribution is 7.85. The summed E-state index contributed by atoms with van der Waals surface area (Å²) in [6.45, 7) is 18.8. The van der Waals surface area contributed by atoms with E-state index in [9.17, 15) is 30.5 Å². The molecule has 0 bridgehead atoms. The number of benzene rings is 2. The van der Waals surface area contributed by atoms with E-state index in [1.807, 2.05) is 30.5 Å². The molecule has 0 saturated carbocycles. The molecule has 2 aromatic carbocycles. The molecule has 3 aromatic rings. The molecule has 0 radical (unpaired) electrons. The topological polar surface area (TPSA) is 236 Å². The highest BCUT2D eigenvalue weighted by Crippen LogP contribution is 2.49. The van der Waals surface area contributed by atoms with Crippen molar-refractivity contribution in [2.24, 2.45) is 0 Å². The number of rotatable bonds is 63. The molecule has 0 atom stereocenters. The molecular formula is C84H136N7O12PS2. The number of fused-ring (bicyclic) bond motifs is 2. The largest absolute Gasteiger partial charge is 0.748 e. The first-order valence-corrected chi connectivity index (χ1v) is 45.6. The molecule has 6 rings (SSSR count). The molecule has 19 nitrogen and oxygen atoms in total. The summed E-state index contributed by atoms with van der Waals surface area (Å²) in [7, 11) is -11.9. The quantitative estimate of drug-likeness (QED) is 0.0157. The molecule has 0 spiro atoms. The average molecular weight is 1530 g/mol. The minimum Gasteiger partial charge on any atom is -0.748 e. The van der Waals surface area contributed by atoms with Gasteiger partial charge in [-0.15, -0.1) is 5.10 Å². The highest BCUT2D eigenvalue weighted by Gasteiger charge is 2.44. The monoisotopic (exact) mass is 1530 g/mol. The molecule has 2 aliphatic heterocycles. The second-order valence-corrected chi connectivity index (χ2v) is 34.9. The lowest BCUT2D eigenvalue weighted by atomic mass is 9.81. The zero-order chi connectivity index (χ0) is 76.0. The van der Waals surface area contributed by atoms with E-state index < -0.39 is 33.7 Å². The molecule has 22 heteroatoms. The number of para-hydroxylation sites is 2. The second-order valence-electron chi connectivity index (χ2n) is 30.0. The van der Waals surface area contributed by atoms with Crippen molar-refractivity contribution in [1.82, 2.24) is 25.4 Å². The SMILES string of the molecule is CCCCCCCC/C=C\CCCCCCCCOP(=O)(NCCOCCOCCOCCn1cc(CNC2=C(/C=C/C3=[N+](CCCCS(=O)(=O)O)c4ccccc4C3(C)C)CC/C2=C/C=C2\N(CCCCS(=O)(=O)[O-])c3ccccc3C2(C)C)nn1)OCCCCCCCC/C=C\CCCCCCCC. The number of aromatic nitrogens is 3. The van der Waals surface area contributed by atoms with Gasteiger partial charge >= 0.3 is 7.75 Å². The van der Waals surface area contributed by atoms with Gasteiger partial charge in [0.05, 0.1) is 93.4 Å². The van der Waals surface area contributed by atoms with Gasteiger partial charge in [0.15, 0.2) is 5.71 Å². The third-order valence-corrected chi connectivity index (χ3v) is 23.7. The Morgan fingerprint density at radius 2 is 1.10 bits per heavy atom. The smallest absolute Gasteiger partial charge is 0.405 e. The normalized spacial score (nSPS) is 16.1. The molecular weight excluding hydrogens is 1390 g/mol. The molecule has 0 unspecified atom stereocenters. The molecule has 3 N–H and O–H groups in total. The Labute approximate surface area is 640 Å². The van der Waals surface area contributed by atoms with Crippen LogP contribution in [0.2, 0.25) is 0 Å². The highest BCUT2D eigenvalue weighted by atomic mass is 32.2. The zero-order valence-electron chi connectivity index (χ0n) is 65.9. The summed E-state index contributed by atoms with van der Waals surface area (Å²) in [6.07, 6.45) is 57.8. The van der Waals surface area contributed by atoms with Gasteiger partial charge in [0.25, 0.3) is 10.1 Å². The van der Waals surface area contributed by atoms with E-state index in [0.717, 1.165) is 110 Å². The Morgan fingerprint density at radius 1 is 0.575 bits per heavy atom. The second kappa shape index (κ2) is 50.8. The van der Waals surface area contributed by atoms with E-state index >= 15 is 0 Å². The van der Waals surface area contributed by atoms with E-state index in [1.54, 1.807) is 4.68 Å². The van der Waals surface area contributed by atoms with Gasteiger partial charge < -0.3 is 29.0 Å². The van der Waals surface area contributed by atoms with Gasteiger partial charge in [-0.2, -0.15) is 13.0 Å². The van der Waals surface area contributed by atoms with Crippen LogP contribution in [0.1, 0.15) is 277 Å². The summed E-state index contributed by atoms with van der Waals surface area (Å²) in [5.41, 5.74) is 9.95.